The number of piperazine rings is 1. The van der Waals surface area contributed by atoms with Crippen LogP contribution in [-0.4, -0.2) is 36.4 Å². The maximum absolute atomic E-state index is 5.84. The van der Waals surface area contributed by atoms with E-state index in [0.29, 0.717) is 16.9 Å². The van der Waals surface area contributed by atoms with Crippen LogP contribution in [0.15, 0.2) is 28.7 Å². The molecule has 1 aromatic carbocycles. The van der Waals surface area contributed by atoms with Crippen molar-refractivity contribution >= 4 is 17.6 Å². The minimum Gasteiger partial charge on any atom is -0.403 e. The van der Waals surface area contributed by atoms with Gasteiger partial charge in [-0.15, -0.1) is 5.10 Å². The largest absolute Gasteiger partial charge is 0.403 e. The Kier molecular flexibility index (Phi) is 3.17. The molecule has 0 spiro atoms. The van der Waals surface area contributed by atoms with E-state index in [4.69, 9.17) is 16.0 Å². The Bertz CT molecular complexity index is 519. The van der Waals surface area contributed by atoms with Gasteiger partial charge in [0.1, 0.15) is 0 Å². The van der Waals surface area contributed by atoms with Gasteiger partial charge >= 0.3 is 6.01 Å². The van der Waals surface area contributed by atoms with Gasteiger partial charge < -0.3 is 14.6 Å². The second-order valence-corrected chi connectivity index (χ2v) is 4.57. The second-order valence-electron chi connectivity index (χ2n) is 4.13. The maximum atomic E-state index is 5.84. The summed E-state index contributed by atoms with van der Waals surface area (Å²) in [5.41, 5.74) is 0.883. The van der Waals surface area contributed by atoms with Gasteiger partial charge in [-0.25, -0.2) is 0 Å². The Morgan fingerprint density at radius 3 is 2.56 bits per heavy atom. The Balaban J connectivity index is 1.82. The van der Waals surface area contributed by atoms with Gasteiger partial charge in [0.05, 0.1) is 0 Å². The van der Waals surface area contributed by atoms with Gasteiger partial charge in [0.25, 0.3) is 0 Å². The van der Waals surface area contributed by atoms with Crippen molar-refractivity contribution in [3.05, 3.63) is 29.3 Å². The highest BCUT2D eigenvalue weighted by Crippen LogP contribution is 2.23. The minimum absolute atomic E-state index is 0.528. The van der Waals surface area contributed by atoms with Crippen LogP contribution in [0.2, 0.25) is 5.02 Å². The van der Waals surface area contributed by atoms with Crippen LogP contribution in [-0.2, 0) is 0 Å². The molecule has 0 amide bonds. The molecule has 0 aliphatic carbocycles. The fraction of sp³-hybridized carbons (Fsp3) is 0.333. The Labute approximate surface area is 110 Å². The molecule has 0 atom stereocenters. The standard InChI is InChI=1S/C12H13ClN4O/c13-10-3-1-9(2-4-10)11-15-16-12(18-11)17-7-5-14-6-8-17/h1-4,14H,5-8H2. The Morgan fingerprint density at radius 1 is 1.11 bits per heavy atom. The van der Waals surface area contributed by atoms with E-state index in [-0.39, 0.29) is 0 Å². The third-order valence-electron chi connectivity index (χ3n) is 2.89. The van der Waals surface area contributed by atoms with Crippen LogP contribution >= 0.6 is 11.6 Å². The van der Waals surface area contributed by atoms with E-state index in [1.165, 1.54) is 0 Å². The van der Waals surface area contributed by atoms with Crippen LogP contribution in [0.5, 0.6) is 0 Å². The molecule has 6 heteroatoms. The van der Waals surface area contributed by atoms with Crippen molar-refractivity contribution in [1.82, 2.24) is 15.5 Å². The second kappa shape index (κ2) is 4.96. The molecule has 0 radical (unpaired) electrons. The van der Waals surface area contributed by atoms with Gasteiger partial charge in [0.15, 0.2) is 0 Å². The van der Waals surface area contributed by atoms with E-state index in [9.17, 15) is 0 Å². The number of aromatic nitrogens is 2. The number of nitrogens with zero attached hydrogens (tertiary/aromatic N) is 3. The van der Waals surface area contributed by atoms with Crippen LogP contribution in [0.25, 0.3) is 11.5 Å². The molecule has 1 aromatic heterocycles. The summed E-state index contributed by atoms with van der Waals surface area (Å²) in [5, 5.41) is 12.1. The molecule has 2 heterocycles. The molecule has 0 bridgehead atoms. The number of anilines is 1. The molecule has 2 aromatic rings. The van der Waals surface area contributed by atoms with Crippen LogP contribution in [0.3, 0.4) is 0 Å². The third-order valence-corrected chi connectivity index (χ3v) is 3.14. The fourth-order valence-electron chi connectivity index (χ4n) is 1.91. The summed E-state index contributed by atoms with van der Waals surface area (Å²) in [5.74, 6) is 0.528. The molecule has 94 valence electrons. The minimum atomic E-state index is 0.528. The molecule has 0 unspecified atom stereocenters. The van der Waals surface area contributed by atoms with E-state index < -0.39 is 0 Å². The van der Waals surface area contributed by atoms with Gasteiger partial charge in [-0.1, -0.05) is 16.7 Å². The van der Waals surface area contributed by atoms with Gasteiger partial charge in [0, 0.05) is 36.8 Å². The monoisotopic (exact) mass is 264 g/mol. The predicted octanol–water partition coefficient (Wildman–Crippen LogP) is 1.80. The topological polar surface area (TPSA) is 54.2 Å². The number of halogens is 1. The van der Waals surface area contributed by atoms with Crippen LogP contribution in [0.1, 0.15) is 0 Å². The first-order chi connectivity index (χ1) is 8.83. The number of rotatable bonds is 2. The van der Waals surface area contributed by atoms with E-state index in [0.717, 1.165) is 31.7 Å². The molecule has 1 fully saturated rings. The van der Waals surface area contributed by atoms with Crippen molar-refractivity contribution in [2.75, 3.05) is 31.1 Å². The molecule has 1 N–H and O–H groups in total. The van der Waals surface area contributed by atoms with Crippen LogP contribution in [0, 0.1) is 0 Å². The van der Waals surface area contributed by atoms with Gasteiger partial charge in [-0.05, 0) is 24.3 Å². The third kappa shape index (κ3) is 2.32. The van der Waals surface area contributed by atoms with E-state index in [1.807, 2.05) is 24.3 Å². The highest BCUT2D eigenvalue weighted by molar-refractivity contribution is 6.30. The van der Waals surface area contributed by atoms with Crippen molar-refractivity contribution in [1.29, 1.82) is 0 Å². The van der Waals surface area contributed by atoms with E-state index >= 15 is 0 Å². The lowest BCUT2D eigenvalue weighted by Gasteiger charge is -2.24. The number of hydrogen-bond donors (Lipinski definition) is 1. The smallest absolute Gasteiger partial charge is 0.318 e. The first kappa shape index (κ1) is 11.5. The first-order valence-corrected chi connectivity index (χ1v) is 6.26. The molecule has 1 aliphatic heterocycles. The Morgan fingerprint density at radius 2 is 1.83 bits per heavy atom. The summed E-state index contributed by atoms with van der Waals surface area (Å²) in [4.78, 5) is 2.09. The van der Waals surface area contributed by atoms with Gasteiger partial charge in [-0.2, -0.15) is 0 Å². The zero-order chi connectivity index (χ0) is 12.4. The zero-order valence-corrected chi connectivity index (χ0v) is 10.5. The summed E-state index contributed by atoms with van der Waals surface area (Å²) in [7, 11) is 0. The summed E-state index contributed by atoms with van der Waals surface area (Å²) in [6.07, 6.45) is 0. The van der Waals surface area contributed by atoms with E-state index in [2.05, 4.69) is 20.4 Å². The molecular weight excluding hydrogens is 252 g/mol. The van der Waals surface area contributed by atoms with Crippen LogP contribution < -0.4 is 10.2 Å². The lowest BCUT2D eigenvalue weighted by molar-refractivity contribution is 0.505. The van der Waals surface area contributed by atoms with Gasteiger partial charge in [0.2, 0.25) is 5.89 Å². The molecule has 5 nitrogen and oxygen atoms in total. The summed E-state index contributed by atoms with van der Waals surface area (Å²) in [6.45, 7) is 3.67. The number of benzene rings is 1. The first-order valence-electron chi connectivity index (χ1n) is 5.88. The predicted molar refractivity (Wildman–Crippen MR) is 69.8 cm³/mol. The SMILES string of the molecule is Clc1ccc(-c2nnc(N3CCNCC3)o2)cc1. The highest BCUT2D eigenvalue weighted by Gasteiger charge is 2.17. The molecule has 1 saturated heterocycles. The number of nitrogens with one attached hydrogen (secondary N) is 1. The van der Waals surface area contributed by atoms with Gasteiger partial charge in [-0.3, -0.25) is 0 Å². The number of hydrogen-bond acceptors (Lipinski definition) is 5. The maximum Gasteiger partial charge on any atom is 0.318 e. The fourth-order valence-corrected chi connectivity index (χ4v) is 2.03. The lowest BCUT2D eigenvalue weighted by atomic mass is 10.2. The van der Waals surface area contributed by atoms with Crippen LogP contribution in [0.4, 0.5) is 6.01 Å². The van der Waals surface area contributed by atoms with Crippen molar-refractivity contribution in [2.45, 2.75) is 0 Å². The van der Waals surface area contributed by atoms with Crippen molar-refractivity contribution in [3.63, 3.8) is 0 Å². The molecule has 3 rings (SSSR count). The molecule has 18 heavy (non-hydrogen) atoms. The average molecular weight is 265 g/mol. The van der Waals surface area contributed by atoms with Crippen molar-refractivity contribution in [2.24, 2.45) is 0 Å². The normalized spacial score (nSPS) is 15.9. The van der Waals surface area contributed by atoms with E-state index in [1.54, 1.807) is 0 Å². The molecule has 0 saturated carbocycles. The summed E-state index contributed by atoms with van der Waals surface area (Å²) < 4.78 is 5.68. The molecular formula is C12H13ClN4O. The van der Waals surface area contributed by atoms with Crippen molar-refractivity contribution < 1.29 is 4.42 Å². The Hall–Kier alpha value is -1.59. The average Bonchev–Trinajstić information content (AvgIpc) is 2.90. The quantitative estimate of drug-likeness (QED) is 0.896. The zero-order valence-electron chi connectivity index (χ0n) is 9.77. The molecule has 1 aliphatic rings. The summed E-state index contributed by atoms with van der Waals surface area (Å²) in [6, 6.07) is 7.95. The highest BCUT2D eigenvalue weighted by atomic mass is 35.5. The lowest BCUT2D eigenvalue weighted by Crippen LogP contribution is -2.43. The van der Waals surface area contributed by atoms with Crippen molar-refractivity contribution in [3.8, 4) is 11.5 Å². The summed E-state index contributed by atoms with van der Waals surface area (Å²) >= 11 is 5.84.